The van der Waals surface area contributed by atoms with Crippen LogP contribution in [0.4, 0.5) is 5.82 Å². The number of hydrogen-bond acceptors (Lipinski definition) is 4. The summed E-state index contributed by atoms with van der Waals surface area (Å²) in [7, 11) is 2.00. The normalized spacial score (nSPS) is 15.1. The maximum Gasteiger partial charge on any atom is 0.147 e. The smallest absolute Gasteiger partial charge is 0.147 e. The number of hydrazine groups is 1. The number of rotatable bonds is 2. The average Bonchev–Trinajstić information content (AvgIpc) is 2.50. The van der Waals surface area contributed by atoms with Crippen LogP contribution in [0, 0.1) is 11.3 Å². The van der Waals surface area contributed by atoms with Gasteiger partial charge in [0.05, 0.1) is 6.07 Å². The van der Waals surface area contributed by atoms with E-state index in [0.717, 1.165) is 30.8 Å². The summed E-state index contributed by atoms with van der Waals surface area (Å²) in [5, 5.41) is 12.9. The molecule has 0 bridgehead atoms. The van der Waals surface area contributed by atoms with E-state index in [1.807, 2.05) is 44.4 Å². The molecule has 0 amide bonds. The van der Waals surface area contributed by atoms with E-state index >= 15 is 0 Å². The molecule has 2 rings (SSSR count). The van der Waals surface area contributed by atoms with Crippen LogP contribution in [0.25, 0.3) is 0 Å². The van der Waals surface area contributed by atoms with E-state index in [9.17, 15) is 0 Å². The second-order valence-corrected chi connectivity index (χ2v) is 4.12. The van der Waals surface area contributed by atoms with Crippen LogP contribution in [0.2, 0.25) is 0 Å². The molecule has 0 atom stereocenters. The van der Waals surface area contributed by atoms with Gasteiger partial charge in [0.1, 0.15) is 5.82 Å². The molecule has 2 heterocycles. The van der Waals surface area contributed by atoms with Crippen molar-refractivity contribution in [2.24, 2.45) is 0 Å². The zero-order valence-electron chi connectivity index (χ0n) is 12.2. The van der Waals surface area contributed by atoms with Crippen molar-refractivity contribution >= 4 is 5.82 Å². The predicted molar refractivity (Wildman–Crippen MR) is 78.4 cm³/mol. The summed E-state index contributed by atoms with van der Waals surface area (Å²) in [6.45, 7) is 6.95. The molecule has 4 heteroatoms. The molecule has 1 aliphatic rings. The first-order valence-electron chi connectivity index (χ1n) is 6.80. The molecule has 4 nitrogen and oxygen atoms in total. The first-order valence-corrected chi connectivity index (χ1v) is 6.80. The topological polar surface area (TPSA) is 43.2 Å². The van der Waals surface area contributed by atoms with E-state index < -0.39 is 0 Å². The first-order chi connectivity index (χ1) is 9.24. The largest absolute Gasteiger partial charge is 0.264 e. The molecule has 1 aromatic heterocycles. The lowest BCUT2D eigenvalue weighted by Crippen LogP contribution is -2.40. The molecule has 0 spiro atoms. The molecule has 0 aliphatic carbocycles. The van der Waals surface area contributed by atoms with Gasteiger partial charge in [-0.15, -0.1) is 0 Å². The van der Waals surface area contributed by atoms with Crippen LogP contribution in [0.15, 0.2) is 30.1 Å². The van der Waals surface area contributed by atoms with Gasteiger partial charge in [0.15, 0.2) is 0 Å². The Morgan fingerprint density at radius 1 is 1.37 bits per heavy atom. The van der Waals surface area contributed by atoms with E-state index in [-0.39, 0.29) is 0 Å². The molecule has 19 heavy (non-hydrogen) atoms. The number of nitriles is 1. The molecule has 102 valence electrons. The van der Waals surface area contributed by atoms with Crippen LogP contribution in [0.1, 0.15) is 32.8 Å². The molecule has 0 N–H and O–H groups in total. The first kappa shape index (κ1) is 15.2. The number of anilines is 1. The minimum atomic E-state index is 0.796. The fourth-order valence-corrected chi connectivity index (χ4v) is 1.79. The number of nitrogens with zero attached hydrogens (tertiary/aromatic N) is 4. The number of aryl methyl sites for hydroxylation is 1. The van der Waals surface area contributed by atoms with Crippen molar-refractivity contribution in [3.05, 3.63) is 35.7 Å². The molecule has 0 aromatic carbocycles. The van der Waals surface area contributed by atoms with Crippen LogP contribution in [-0.2, 0) is 6.42 Å². The van der Waals surface area contributed by atoms with Crippen LogP contribution in [0.3, 0.4) is 0 Å². The Morgan fingerprint density at radius 2 is 2.11 bits per heavy atom. The Bertz CT molecular complexity index is 456. The lowest BCUT2D eigenvalue weighted by Gasteiger charge is -2.33. The highest BCUT2D eigenvalue weighted by Gasteiger charge is 2.17. The van der Waals surface area contributed by atoms with E-state index in [4.69, 9.17) is 5.26 Å². The van der Waals surface area contributed by atoms with Gasteiger partial charge in [0.25, 0.3) is 0 Å². The minimum Gasteiger partial charge on any atom is -0.264 e. The maximum absolute atomic E-state index is 8.94. The summed E-state index contributed by atoms with van der Waals surface area (Å²) in [6.07, 6.45) is 5.54. The summed E-state index contributed by atoms with van der Waals surface area (Å²) in [4.78, 5) is 4.42. The van der Waals surface area contributed by atoms with Crippen molar-refractivity contribution in [1.29, 1.82) is 5.26 Å². The molecular formula is C15H22N4. The van der Waals surface area contributed by atoms with Gasteiger partial charge in [-0.25, -0.2) is 9.99 Å². The third-order valence-corrected chi connectivity index (χ3v) is 2.95. The zero-order chi connectivity index (χ0) is 14.3. The lowest BCUT2D eigenvalue weighted by atomic mass is 10.2. The Balaban J connectivity index is 0.000000861. The zero-order valence-corrected chi connectivity index (χ0v) is 12.2. The van der Waals surface area contributed by atoms with Gasteiger partial charge in [-0.2, -0.15) is 5.26 Å². The van der Waals surface area contributed by atoms with Crippen LogP contribution in [-0.4, -0.2) is 23.6 Å². The van der Waals surface area contributed by atoms with Crippen molar-refractivity contribution in [3.8, 4) is 6.07 Å². The predicted octanol–water partition coefficient (Wildman–Crippen LogP) is 3.13. The third kappa shape index (κ3) is 3.80. The van der Waals surface area contributed by atoms with Gasteiger partial charge in [-0.3, -0.25) is 5.01 Å². The quantitative estimate of drug-likeness (QED) is 0.817. The molecule has 0 saturated carbocycles. The van der Waals surface area contributed by atoms with E-state index in [2.05, 4.69) is 29.1 Å². The molecule has 0 saturated heterocycles. The van der Waals surface area contributed by atoms with E-state index in [0.29, 0.717) is 0 Å². The Kier molecular flexibility index (Phi) is 6.04. The van der Waals surface area contributed by atoms with Crippen LogP contribution < -0.4 is 5.01 Å². The molecule has 1 aliphatic heterocycles. The number of aromatic nitrogens is 1. The molecule has 0 fully saturated rings. The summed E-state index contributed by atoms with van der Waals surface area (Å²) in [6, 6.07) is 6.28. The molecular weight excluding hydrogens is 236 g/mol. The summed E-state index contributed by atoms with van der Waals surface area (Å²) in [5.74, 6) is 0.858. The lowest BCUT2D eigenvalue weighted by molar-refractivity contribution is 0.325. The highest BCUT2D eigenvalue weighted by Crippen LogP contribution is 2.20. The van der Waals surface area contributed by atoms with Crippen molar-refractivity contribution in [1.82, 2.24) is 9.99 Å². The van der Waals surface area contributed by atoms with Crippen molar-refractivity contribution in [2.75, 3.05) is 18.6 Å². The van der Waals surface area contributed by atoms with Gasteiger partial charge >= 0.3 is 0 Å². The number of hydrogen-bond donors (Lipinski definition) is 0. The van der Waals surface area contributed by atoms with Crippen molar-refractivity contribution in [2.45, 2.75) is 33.6 Å². The number of pyridine rings is 1. The Labute approximate surface area is 115 Å². The Morgan fingerprint density at radius 3 is 2.63 bits per heavy atom. The molecule has 0 radical (unpaired) electrons. The molecule has 1 aromatic rings. The van der Waals surface area contributed by atoms with Gasteiger partial charge in [0.2, 0.25) is 0 Å². The highest BCUT2D eigenvalue weighted by molar-refractivity contribution is 5.45. The van der Waals surface area contributed by atoms with Crippen molar-refractivity contribution in [3.63, 3.8) is 0 Å². The van der Waals surface area contributed by atoms with Gasteiger partial charge in [-0.05, 0) is 24.5 Å². The standard InChI is InChI=1S/C13H16N4.C2H6/c1-3-11-4-5-13(15-9-11)17-10-12(8-14)6-7-16(17)2;1-2/h4-5,9-10H,3,6-7H2,1-2H3;1-2H3. The second kappa shape index (κ2) is 7.55. The van der Waals surface area contributed by atoms with Crippen LogP contribution >= 0.6 is 0 Å². The van der Waals surface area contributed by atoms with Gasteiger partial charge < -0.3 is 0 Å². The second-order valence-electron chi connectivity index (χ2n) is 4.12. The van der Waals surface area contributed by atoms with Gasteiger partial charge in [-0.1, -0.05) is 26.8 Å². The van der Waals surface area contributed by atoms with Gasteiger partial charge in [0, 0.05) is 31.6 Å². The fraction of sp³-hybridized carbons (Fsp3) is 0.467. The highest BCUT2D eigenvalue weighted by atomic mass is 15.6. The Hall–Kier alpha value is -1.86. The monoisotopic (exact) mass is 258 g/mol. The summed E-state index contributed by atoms with van der Waals surface area (Å²) >= 11 is 0. The maximum atomic E-state index is 8.94. The SMILES string of the molecule is CC.CCc1ccc(N2C=C(C#N)CCN2C)nc1. The average molecular weight is 258 g/mol. The summed E-state index contributed by atoms with van der Waals surface area (Å²) < 4.78 is 0. The summed E-state index contributed by atoms with van der Waals surface area (Å²) in [5.41, 5.74) is 2.02. The molecule has 0 unspecified atom stereocenters. The van der Waals surface area contributed by atoms with E-state index in [1.165, 1.54) is 5.56 Å². The third-order valence-electron chi connectivity index (χ3n) is 2.95. The van der Waals surface area contributed by atoms with E-state index in [1.54, 1.807) is 0 Å². The minimum absolute atomic E-state index is 0.796. The van der Waals surface area contributed by atoms with Crippen molar-refractivity contribution < 1.29 is 0 Å². The fourth-order valence-electron chi connectivity index (χ4n) is 1.79. The van der Waals surface area contributed by atoms with Crippen LogP contribution in [0.5, 0.6) is 0 Å².